The topological polar surface area (TPSA) is 99.0 Å². The maximum Gasteiger partial charge on any atom is 0.351 e. The van der Waals surface area contributed by atoms with Crippen LogP contribution in [0.3, 0.4) is 0 Å². The summed E-state index contributed by atoms with van der Waals surface area (Å²) in [7, 11) is 0. The lowest BCUT2D eigenvalue weighted by Crippen LogP contribution is -2.25. The minimum atomic E-state index is -0.445. The molecule has 3 aromatic rings. The van der Waals surface area contributed by atoms with Crippen LogP contribution in [-0.2, 0) is 19.7 Å². The number of nitrogens with two attached hydrogens (primary N) is 1. The van der Waals surface area contributed by atoms with Gasteiger partial charge in [-0.25, -0.2) is 9.78 Å². The van der Waals surface area contributed by atoms with E-state index in [1.54, 1.807) is 4.57 Å². The van der Waals surface area contributed by atoms with Crippen molar-refractivity contribution in [2.24, 2.45) is 0 Å². The average Bonchev–Trinajstić information content (AvgIpc) is 2.91. The van der Waals surface area contributed by atoms with Crippen LogP contribution in [0.15, 0.2) is 35.1 Å². The highest BCUT2D eigenvalue weighted by atomic mass is 16.3. The molecule has 2 aromatic heterocycles. The molecule has 0 aliphatic heterocycles. The molecule has 0 bridgehead atoms. The van der Waals surface area contributed by atoms with E-state index in [2.05, 4.69) is 9.97 Å². The van der Waals surface area contributed by atoms with Crippen LogP contribution in [0.1, 0.15) is 18.3 Å². The van der Waals surface area contributed by atoms with Crippen LogP contribution in [0.25, 0.3) is 11.2 Å². The number of rotatable bonds is 4. The Morgan fingerprint density at radius 3 is 2.55 bits per heavy atom. The van der Waals surface area contributed by atoms with Gasteiger partial charge in [0.1, 0.15) is 17.9 Å². The Morgan fingerprint density at radius 2 is 1.91 bits per heavy atom. The Kier molecular flexibility index (Phi) is 3.64. The van der Waals surface area contributed by atoms with E-state index in [1.165, 1.54) is 4.57 Å². The minimum absolute atomic E-state index is 0.137. The number of hydrogen-bond acceptors (Lipinski definition) is 5. The van der Waals surface area contributed by atoms with Crippen molar-refractivity contribution in [3.05, 3.63) is 52.2 Å². The molecule has 3 rings (SSSR count). The Morgan fingerprint density at radius 1 is 1.18 bits per heavy atom. The number of aromatic nitrogens is 4. The molecule has 0 saturated heterocycles. The van der Waals surface area contributed by atoms with Crippen LogP contribution in [0.2, 0.25) is 0 Å². The Bertz CT molecular complexity index is 867. The van der Waals surface area contributed by atoms with Crippen molar-refractivity contribution < 1.29 is 5.11 Å². The summed E-state index contributed by atoms with van der Waals surface area (Å²) in [4.78, 5) is 20.5. The van der Waals surface area contributed by atoms with Crippen LogP contribution in [-0.4, -0.2) is 24.2 Å². The van der Waals surface area contributed by atoms with Crippen molar-refractivity contribution >= 4 is 17.0 Å². The third kappa shape index (κ3) is 2.25. The molecule has 0 aliphatic carbocycles. The summed E-state index contributed by atoms with van der Waals surface area (Å²) in [6.45, 7) is 2.64. The predicted octanol–water partition coefficient (Wildman–Crippen LogP) is 0.736. The number of aliphatic hydroxyl groups excluding tert-OH is 1. The van der Waals surface area contributed by atoms with E-state index in [-0.39, 0.29) is 12.4 Å². The molecule has 0 amide bonds. The fourth-order valence-corrected chi connectivity index (χ4v) is 2.60. The van der Waals surface area contributed by atoms with Gasteiger partial charge in [-0.05, 0) is 12.5 Å². The van der Waals surface area contributed by atoms with Gasteiger partial charge in [-0.3, -0.25) is 4.57 Å². The van der Waals surface area contributed by atoms with Crippen molar-refractivity contribution in [2.45, 2.75) is 26.6 Å². The zero-order valence-electron chi connectivity index (χ0n) is 12.2. The van der Waals surface area contributed by atoms with Gasteiger partial charge in [-0.15, -0.1) is 0 Å². The predicted molar refractivity (Wildman–Crippen MR) is 83.3 cm³/mol. The number of nitrogen functional groups attached to an aromatic ring is 1. The number of hydrogen-bond donors (Lipinski definition) is 2. The van der Waals surface area contributed by atoms with E-state index >= 15 is 0 Å². The summed E-state index contributed by atoms with van der Waals surface area (Å²) in [6, 6.07) is 9.59. The van der Waals surface area contributed by atoms with Gasteiger partial charge in [0.2, 0.25) is 0 Å². The Labute approximate surface area is 126 Å². The number of fused-ring (bicyclic) bond motifs is 1. The molecular formula is C15H17N5O2. The lowest BCUT2D eigenvalue weighted by Gasteiger charge is -2.09. The minimum Gasteiger partial charge on any atom is -0.388 e. The van der Waals surface area contributed by atoms with E-state index in [0.717, 1.165) is 5.56 Å². The van der Waals surface area contributed by atoms with Gasteiger partial charge >= 0.3 is 5.69 Å². The van der Waals surface area contributed by atoms with Gasteiger partial charge in [0.05, 0.1) is 6.54 Å². The summed E-state index contributed by atoms with van der Waals surface area (Å²) in [5.41, 5.74) is 7.45. The first-order valence-corrected chi connectivity index (χ1v) is 7.06. The van der Waals surface area contributed by atoms with Crippen LogP contribution in [0.5, 0.6) is 0 Å². The molecule has 1 aromatic carbocycles. The highest BCUT2D eigenvalue weighted by Crippen LogP contribution is 2.20. The molecule has 7 nitrogen and oxygen atoms in total. The first kappa shape index (κ1) is 14.3. The fourth-order valence-electron chi connectivity index (χ4n) is 2.60. The van der Waals surface area contributed by atoms with Gasteiger partial charge in [0.25, 0.3) is 0 Å². The maximum atomic E-state index is 12.2. The molecule has 2 heterocycles. The fraction of sp³-hybridized carbons (Fsp3) is 0.267. The lowest BCUT2D eigenvalue weighted by molar-refractivity contribution is 0.266. The van der Waals surface area contributed by atoms with Gasteiger partial charge < -0.3 is 15.4 Å². The maximum absolute atomic E-state index is 12.2. The van der Waals surface area contributed by atoms with Crippen molar-refractivity contribution in [3.8, 4) is 0 Å². The molecule has 0 unspecified atom stereocenters. The molecule has 22 heavy (non-hydrogen) atoms. The number of benzene rings is 1. The summed E-state index contributed by atoms with van der Waals surface area (Å²) < 4.78 is 3.25. The Hall–Kier alpha value is -2.67. The first-order valence-electron chi connectivity index (χ1n) is 7.06. The molecule has 0 radical (unpaired) electrons. The molecule has 0 spiro atoms. The summed E-state index contributed by atoms with van der Waals surface area (Å²) >= 11 is 0. The molecule has 0 aliphatic rings. The Balaban J connectivity index is 2.26. The van der Waals surface area contributed by atoms with Crippen LogP contribution in [0, 0.1) is 0 Å². The SMILES string of the molecule is CCn1c(CO)nc2c1c(N)nc(=O)n2Cc1ccccc1. The van der Waals surface area contributed by atoms with Crippen LogP contribution in [0.4, 0.5) is 5.82 Å². The molecule has 114 valence electrons. The van der Waals surface area contributed by atoms with E-state index in [4.69, 9.17) is 5.73 Å². The quantitative estimate of drug-likeness (QED) is 0.740. The molecular weight excluding hydrogens is 282 g/mol. The zero-order chi connectivity index (χ0) is 15.7. The van der Waals surface area contributed by atoms with Crippen molar-refractivity contribution in [1.82, 2.24) is 19.1 Å². The number of imidazole rings is 1. The number of anilines is 1. The second-order valence-corrected chi connectivity index (χ2v) is 4.95. The first-order chi connectivity index (χ1) is 10.7. The van der Waals surface area contributed by atoms with E-state index in [0.29, 0.717) is 30.1 Å². The van der Waals surface area contributed by atoms with E-state index < -0.39 is 5.69 Å². The van der Waals surface area contributed by atoms with Gasteiger partial charge in [0.15, 0.2) is 11.5 Å². The second-order valence-electron chi connectivity index (χ2n) is 4.95. The molecule has 3 N–H and O–H groups in total. The zero-order valence-corrected chi connectivity index (χ0v) is 12.2. The molecule has 0 fully saturated rings. The monoisotopic (exact) mass is 299 g/mol. The second kappa shape index (κ2) is 5.61. The largest absolute Gasteiger partial charge is 0.388 e. The molecule has 0 atom stereocenters. The summed E-state index contributed by atoms with van der Waals surface area (Å²) in [5, 5.41) is 9.46. The average molecular weight is 299 g/mol. The normalized spacial score (nSPS) is 11.2. The highest BCUT2D eigenvalue weighted by molar-refractivity contribution is 5.82. The van der Waals surface area contributed by atoms with E-state index in [1.807, 2.05) is 37.3 Å². The van der Waals surface area contributed by atoms with Gasteiger partial charge in [-0.2, -0.15) is 4.98 Å². The number of aryl methyl sites for hydroxylation is 1. The number of nitrogens with zero attached hydrogens (tertiary/aromatic N) is 4. The van der Waals surface area contributed by atoms with Crippen molar-refractivity contribution in [2.75, 3.05) is 5.73 Å². The summed E-state index contributed by atoms with van der Waals surface area (Å²) in [5.74, 6) is 0.608. The third-order valence-electron chi connectivity index (χ3n) is 3.61. The van der Waals surface area contributed by atoms with Crippen molar-refractivity contribution in [3.63, 3.8) is 0 Å². The van der Waals surface area contributed by atoms with Gasteiger partial charge in [-0.1, -0.05) is 30.3 Å². The lowest BCUT2D eigenvalue weighted by atomic mass is 10.2. The third-order valence-corrected chi connectivity index (χ3v) is 3.61. The van der Waals surface area contributed by atoms with E-state index in [9.17, 15) is 9.90 Å². The highest BCUT2D eigenvalue weighted by Gasteiger charge is 2.17. The molecule has 7 heteroatoms. The van der Waals surface area contributed by atoms with Crippen LogP contribution < -0.4 is 11.4 Å². The molecule has 0 saturated carbocycles. The van der Waals surface area contributed by atoms with Crippen LogP contribution >= 0.6 is 0 Å². The van der Waals surface area contributed by atoms with Gasteiger partial charge in [0, 0.05) is 6.54 Å². The smallest absolute Gasteiger partial charge is 0.351 e. The summed E-state index contributed by atoms with van der Waals surface area (Å²) in [6.07, 6.45) is 0. The number of aliphatic hydroxyl groups is 1. The van der Waals surface area contributed by atoms with Crippen molar-refractivity contribution in [1.29, 1.82) is 0 Å². The standard InChI is InChI=1S/C15H17N5O2/c1-2-19-11(9-21)17-14-12(19)13(16)18-15(22)20(14)8-10-6-4-3-5-7-10/h3-7,21H,2,8-9H2,1H3,(H2,16,18,22).